The summed E-state index contributed by atoms with van der Waals surface area (Å²) in [4.78, 5) is 18.7. The molecule has 4 nitrogen and oxygen atoms in total. The van der Waals surface area contributed by atoms with Gasteiger partial charge in [0.05, 0.1) is 18.6 Å². The number of hydrogen-bond donors (Lipinski definition) is 0. The average Bonchev–Trinajstić information content (AvgIpc) is 3.15. The number of rotatable bonds is 8. The molecule has 0 atom stereocenters. The smallest absolute Gasteiger partial charge is 0.233 e. The van der Waals surface area contributed by atoms with Gasteiger partial charge in [-0.2, -0.15) is 0 Å². The molecule has 26 heavy (non-hydrogen) atoms. The zero-order valence-electron chi connectivity index (χ0n) is 14.2. The van der Waals surface area contributed by atoms with E-state index < -0.39 is 0 Å². The van der Waals surface area contributed by atoms with Crippen LogP contribution in [0.15, 0.2) is 71.6 Å². The molecule has 1 amide bonds. The van der Waals surface area contributed by atoms with Crippen LogP contribution in [0, 0.1) is 0 Å². The van der Waals surface area contributed by atoms with E-state index in [0.29, 0.717) is 23.9 Å². The maximum Gasteiger partial charge on any atom is 0.233 e. The number of carbonyl (C=O) groups is 1. The Balaban J connectivity index is 1.60. The minimum Gasteiger partial charge on any atom is -0.467 e. The summed E-state index contributed by atoms with van der Waals surface area (Å²) in [6, 6.07) is 15.3. The molecule has 3 rings (SSSR count). The topological polar surface area (TPSA) is 46.3 Å². The van der Waals surface area contributed by atoms with Crippen molar-refractivity contribution < 1.29 is 9.21 Å². The molecule has 0 aliphatic rings. The highest BCUT2D eigenvalue weighted by molar-refractivity contribution is 7.99. The minimum atomic E-state index is 0.0669. The van der Waals surface area contributed by atoms with Gasteiger partial charge in [0, 0.05) is 29.7 Å². The quantitative estimate of drug-likeness (QED) is 0.558. The van der Waals surface area contributed by atoms with Gasteiger partial charge in [-0.05, 0) is 41.5 Å². The van der Waals surface area contributed by atoms with Crippen LogP contribution in [-0.4, -0.2) is 21.5 Å². The Hall–Kier alpha value is -2.24. The lowest BCUT2D eigenvalue weighted by atomic mass is 10.2. The van der Waals surface area contributed by atoms with Gasteiger partial charge in [0.25, 0.3) is 0 Å². The van der Waals surface area contributed by atoms with E-state index in [-0.39, 0.29) is 5.91 Å². The molecule has 0 fully saturated rings. The van der Waals surface area contributed by atoms with Crippen LogP contribution in [0.4, 0.5) is 0 Å². The first kappa shape index (κ1) is 18.5. The Kier molecular flexibility index (Phi) is 6.75. The van der Waals surface area contributed by atoms with Gasteiger partial charge in [0.2, 0.25) is 5.91 Å². The van der Waals surface area contributed by atoms with Crippen molar-refractivity contribution in [1.82, 2.24) is 9.88 Å². The van der Waals surface area contributed by atoms with Gasteiger partial charge in [0.1, 0.15) is 5.76 Å². The molecule has 0 bridgehead atoms. The van der Waals surface area contributed by atoms with E-state index in [0.717, 1.165) is 22.6 Å². The summed E-state index contributed by atoms with van der Waals surface area (Å²) in [5.74, 6) is 1.97. The Morgan fingerprint density at radius 3 is 2.73 bits per heavy atom. The maximum atomic E-state index is 12.7. The highest BCUT2D eigenvalue weighted by Gasteiger charge is 2.16. The highest BCUT2D eigenvalue weighted by Crippen LogP contribution is 2.18. The van der Waals surface area contributed by atoms with E-state index in [2.05, 4.69) is 4.98 Å². The van der Waals surface area contributed by atoms with Crippen LogP contribution >= 0.6 is 23.4 Å². The molecule has 0 radical (unpaired) electrons. The number of amides is 1. The molecule has 1 aromatic carbocycles. The Labute approximate surface area is 162 Å². The SMILES string of the molecule is O=C(CSCc1cccc(Cl)c1)N(Cc1cccnc1)Cc1ccco1. The molecule has 0 aliphatic carbocycles. The summed E-state index contributed by atoms with van der Waals surface area (Å²) < 4.78 is 5.41. The van der Waals surface area contributed by atoms with Gasteiger partial charge in [-0.1, -0.05) is 29.8 Å². The fraction of sp³-hybridized carbons (Fsp3) is 0.200. The van der Waals surface area contributed by atoms with Gasteiger partial charge in [-0.3, -0.25) is 9.78 Å². The summed E-state index contributed by atoms with van der Waals surface area (Å²) >= 11 is 7.58. The van der Waals surface area contributed by atoms with Gasteiger partial charge in [-0.25, -0.2) is 0 Å². The largest absolute Gasteiger partial charge is 0.467 e. The van der Waals surface area contributed by atoms with Crippen molar-refractivity contribution in [3.8, 4) is 0 Å². The summed E-state index contributed by atoms with van der Waals surface area (Å²) in [5.41, 5.74) is 2.10. The number of halogens is 1. The summed E-state index contributed by atoms with van der Waals surface area (Å²) in [6.07, 6.45) is 5.13. The monoisotopic (exact) mass is 386 g/mol. The molecule has 6 heteroatoms. The number of furan rings is 1. The molecular formula is C20H19ClN2O2S. The molecule has 0 unspecified atom stereocenters. The van der Waals surface area contributed by atoms with Crippen molar-refractivity contribution in [2.45, 2.75) is 18.8 Å². The summed E-state index contributed by atoms with van der Waals surface area (Å²) in [5, 5.41) is 0.713. The van der Waals surface area contributed by atoms with Crippen LogP contribution in [0.5, 0.6) is 0 Å². The van der Waals surface area contributed by atoms with Crippen molar-refractivity contribution in [2.75, 3.05) is 5.75 Å². The van der Waals surface area contributed by atoms with Crippen LogP contribution in [0.1, 0.15) is 16.9 Å². The summed E-state index contributed by atoms with van der Waals surface area (Å²) in [7, 11) is 0. The third kappa shape index (κ3) is 5.64. The molecule has 0 saturated heterocycles. The lowest BCUT2D eigenvalue weighted by Gasteiger charge is -2.21. The van der Waals surface area contributed by atoms with E-state index in [1.165, 1.54) is 0 Å². The van der Waals surface area contributed by atoms with E-state index in [4.69, 9.17) is 16.0 Å². The molecule has 3 aromatic rings. The van der Waals surface area contributed by atoms with Crippen LogP contribution in [0.25, 0.3) is 0 Å². The average molecular weight is 387 g/mol. The molecule has 134 valence electrons. The molecule has 0 N–H and O–H groups in total. The normalized spacial score (nSPS) is 10.7. The second kappa shape index (κ2) is 9.46. The van der Waals surface area contributed by atoms with Crippen molar-refractivity contribution in [1.29, 1.82) is 0 Å². The van der Waals surface area contributed by atoms with Gasteiger partial charge in [-0.15, -0.1) is 11.8 Å². The summed E-state index contributed by atoms with van der Waals surface area (Å²) in [6.45, 7) is 0.948. The lowest BCUT2D eigenvalue weighted by Crippen LogP contribution is -2.31. The van der Waals surface area contributed by atoms with Crippen molar-refractivity contribution in [3.05, 3.63) is 89.1 Å². The number of hydrogen-bond acceptors (Lipinski definition) is 4. The number of pyridine rings is 1. The number of carbonyl (C=O) groups excluding carboxylic acids is 1. The van der Waals surface area contributed by atoms with Crippen molar-refractivity contribution in [2.24, 2.45) is 0 Å². The van der Waals surface area contributed by atoms with E-state index in [1.54, 1.807) is 35.3 Å². The first-order chi connectivity index (χ1) is 12.7. The van der Waals surface area contributed by atoms with E-state index in [9.17, 15) is 4.79 Å². The lowest BCUT2D eigenvalue weighted by molar-refractivity contribution is -0.129. The zero-order valence-corrected chi connectivity index (χ0v) is 15.7. The van der Waals surface area contributed by atoms with Gasteiger partial charge in [0.15, 0.2) is 0 Å². The van der Waals surface area contributed by atoms with E-state index in [1.807, 2.05) is 48.5 Å². The molecule has 0 saturated carbocycles. The second-order valence-electron chi connectivity index (χ2n) is 5.81. The number of thioether (sulfide) groups is 1. The predicted octanol–water partition coefficient (Wildman–Crippen LogP) is 4.79. The molecule has 2 heterocycles. The van der Waals surface area contributed by atoms with Crippen molar-refractivity contribution in [3.63, 3.8) is 0 Å². The standard InChI is InChI=1S/C20H19ClN2O2S/c21-18-6-1-4-16(10-18)14-26-15-20(24)23(13-19-7-3-9-25-19)12-17-5-2-8-22-11-17/h1-11H,12-15H2. The van der Waals surface area contributed by atoms with Crippen LogP contribution in [0.3, 0.4) is 0 Å². The highest BCUT2D eigenvalue weighted by atomic mass is 35.5. The second-order valence-corrected chi connectivity index (χ2v) is 7.24. The van der Waals surface area contributed by atoms with Crippen LogP contribution in [0.2, 0.25) is 5.02 Å². The zero-order chi connectivity index (χ0) is 18.2. The first-order valence-corrected chi connectivity index (χ1v) is 9.75. The van der Waals surface area contributed by atoms with Gasteiger partial charge < -0.3 is 9.32 Å². The Morgan fingerprint density at radius 2 is 2.00 bits per heavy atom. The third-order valence-corrected chi connectivity index (χ3v) is 4.98. The Bertz CT molecular complexity index is 825. The molecule has 0 spiro atoms. The van der Waals surface area contributed by atoms with Crippen molar-refractivity contribution >= 4 is 29.3 Å². The molecule has 2 aromatic heterocycles. The molecular weight excluding hydrogens is 368 g/mol. The number of nitrogens with zero attached hydrogens (tertiary/aromatic N) is 2. The number of aromatic nitrogens is 1. The third-order valence-electron chi connectivity index (χ3n) is 3.76. The Morgan fingerprint density at radius 1 is 1.12 bits per heavy atom. The number of benzene rings is 1. The van der Waals surface area contributed by atoms with Crippen LogP contribution < -0.4 is 0 Å². The van der Waals surface area contributed by atoms with Crippen LogP contribution in [-0.2, 0) is 23.6 Å². The fourth-order valence-electron chi connectivity index (χ4n) is 2.51. The minimum absolute atomic E-state index is 0.0669. The fourth-order valence-corrected chi connectivity index (χ4v) is 3.60. The molecule has 0 aliphatic heterocycles. The van der Waals surface area contributed by atoms with E-state index >= 15 is 0 Å². The predicted molar refractivity (Wildman–Crippen MR) is 105 cm³/mol. The first-order valence-electron chi connectivity index (χ1n) is 8.22. The maximum absolute atomic E-state index is 12.7. The van der Waals surface area contributed by atoms with Gasteiger partial charge >= 0.3 is 0 Å².